The fourth-order valence-electron chi connectivity index (χ4n) is 1.64. The topological polar surface area (TPSA) is 58.2 Å². The standard InChI is InChI=1S/C13H19F3N2O2S/c1-3-17-8-10(2)21(19,20)18-9-11-5-4-6-12(7-11)13(14,15)16/h4-7,10,17-18H,3,8-9H2,1-2H3. The molecule has 0 aliphatic carbocycles. The van der Waals surface area contributed by atoms with E-state index in [2.05, 4.69) is 10.0 Å². The quantitative estimate of drug-likeness (QED) is 0.808. The van der Waals surface area contributed by atoms with Crippen molar-refractivity contribution in [2.75, 3.05) is 13.1 Å². The van der Waals surface area contributed by atoms with Gasteiger partial charge in [0.1, 0.15) is 0 Å². The van der Waals surface area contributed by atoms with Gasteiger partial charge in [0.2, 0.25) is 10.0 Å². The third kappa shape index (κ3) is 5.64. The van der Waals surface area contributed by atoms with Crippen molar-refractivity contribution in [3.8, 4) is 0 Å². The summed E-state index contributed by atoms with van der Waals surface area (Å²) >= 11 is 0. The van der Waals surface area contributed by atoms with E-state index >= 15 is 0 Å². The summed E-state index contributed by atoms with van der Waals surface area (Å²) in [6, 6.07) is 4.60. The molecule has 2 N–H and O–H groups in total. The largest absolute Gasteiger partial charge is 0.416 e. The normalized spacial score (nSPS) is 14.1. The average Bonchev–Trinajstić information content (AvgIpc) is 2.42. The zero-order valence-corrected chi connectivity index (χ0v) is 12.7. The third-order valence-electron chi connectivity index (χ3n) is 2.94. The van der Waals surface area contributed by atoms with Gasteiger partial charge in [-0.05, 0) is 25.1 Å². The molecule has 1 unspecified atom stereocenters. The Balaban J connectivity index is 2.71. The van der Waals surface area contributed by atoms with Gasteiger partial charge in [0.15, 0.2) is 0 Å². The van der Waals surface area contributed by atoms with Crippen LogP contribution in [0.5, 0.6) is 0 Å². The number of sulfonamides is 1. The summed E-state index contributed by atoms with van der Waals surface area (Å²) in [5, 5.41) is 2.25. The lowest BCUT2D eigenvalue weighted by molar-refractivity contribution is -0.137. The zero-order valence-electron chi connectivity index (χ0n) is 11.9. The molecule has 0 aliphatic rings. The van der Waals surface area contributed by atoms with Crippen LogP contribution in [0.25, 0.3) is 0 Å². The van der Waals surface area contributed by atoms with Gasteiger partial charge in [0.25, 0.3) is 0 Å². The molecule has 0 spiro atoms. The van der Waals surface area contributed by atoms with Crippen LogP contribution in [0.15, 0.2) is 24.3 Å². The van der Waals surface area contributed by atoms with Crippen molar-refractivity contribution in [3.05, 3.63) is 35.4 Å². The lowest BCUT2D eigenvalue weighted by atomic mass is 10.1. The van der Waals surface area contributed by atoms with Crippen LogP contribution < -0.4 is 10.0 Å². The summed E-state index contributed by atoms with van der Waals surface area (Å²) in [5.74, 6) is 0. The smallest absolute Gasteiger partial charge is 0.316 e. The molecule has 0 amide bonds. The maximum absolute atomic E-state index is 12.6. The van der Waals surface area contributed by atoms with E-state index in [9.17, 15) is 21.6 Å². The third-order valence-corrected chi connectivity index (χ3v) is 4.72. The summed E-state index contributed by atoms with van der Waals surface area (Å²) in [7, 11) is -3.57. The highest BCUT2D eigenvalue weighted by Gasteiger charge is 2.30. The van der Waals surface area contributed by atoms with Gasteiger partial charge in [-0.3, -0.25) is 0 Å². The van der Waals surface area contributed by atoms with E-state index in [4.69, 9.17) is 0 Å². The van der Waals surface area contributed by atoms with Gasteiger partial charge in [-0.2, -0.15) is 13.2 Å². The molecule has 1 atom stereocenters. The van der Waals surface area contributed by atoms with Crippen LogP contribution >= 0.6 is 0 Å². The number of hydrogen-bond acceptors (Lipinski definition) is 3. The van der Waals surface area contributed by atoms with E-state index in [0.717, 1.165) is 12.1 Å². The van der Waals surface area contributed by atoms with E-state index in [1.807, 2.05) is 6.92 Å². The van der Waals surface area contributed by atoms with Crippen LogP contribution in [0.2, 0.25) is 0 Å². The Morgan fingerprint density at radius 1 is 1.29 bits per heavy atom. The molecule has 0 aromatic heterocycles. The molecular formula is C13H19F3N2O2S. The minimum absolute atomic E-state index is 0.164. The Morgan fingerprint density at radius 2 is 1.95 bits per heavy atom. The molecule has 120 valence electrons. The Kier molecular flexibility index (Phi) is 6.18. The lowest BCUT2D eigenvalue weighted by Crippen LogP contribution is -2.38. The van der Waals surface area contributed by atoms with E-state index in [-0.39, 0.29) is 18.7 Å². The Morgan fingerprint density at radius 3 is 2.52 bits per heavy atom. The number of hydrogen-bond donors (Lipinski definition) is 2. The first kappa shape index (κ1) is 17.9. The van der Waals surface area contributed by atoms with Gasteiger partial charge in [0, 0.05) is 13.1 Å². The SMILES string of the molecule is CCNCC(C)S(=O)(=O)NCc1cccc(C(F)(F)F)c1. The first-order chi connectivity index (χ1) is 9.66. The Labute approximate surface area is 122 Å². The molecule has 4 nitrogen and oxygen atoms in total. The summed E-state index contributed by atoms with van der Waals surface area (Å²) in [5.41, 5.74) is -0.524. The molecule has 1 aromatic carbocycles. The van der Waals surface area contributed by atoms with Crippen LogP contribution in [0.3, 0.4) is 0 Å². The fourth-order valence-corrected chi connectivity index (χ4v) is 2.63. The second kappa shape index (κ2) is 7.24. The summed E-state index contributed by atoms with van der Waals surface area (Å²) in [6.45, 7) is 4.16. The van der Waals surface area contributed by atoms with Gasteiger partial charge in [0.05, 0.1) is 10.8 Å². The zero-order chi connectivity index (χ0) is 16.1. The highest BCUT2D eigenvalue weighted by atomic mass is 32.2. The van der Waals surface area contributed by atoms with E-state index < -0.39 is 27.0 Å². The summed E-state index contributed by atoms with van der Waals surface area (Å²) in [6.07, 6.45) is -4.44. The van der Waals surface area contributed by atoms with Gasteiger partial charge in [-0.25, -0.2) is 13.1 Å². The van der Waals surface area contributed by atoms with Gasteiger partial charge < -0.3 is 5.32 Å². The molecule has 0 saturated heterocycles. The predicted octanol–water partition coefficient (Wildman–Crippen LogP) is 2.12. The number of nitrogens with one attached hydrogen (secondary N) is 2. The number of alkyl halides is 3. The van der Waals surface area contributed by atoms with Gasteiger partial charge in [-0.15, -0.1) is 0 Å². The highest BCUT2D eigenvalue weighted by Crippen LogP contribution is 2.29. The van der Waals surface area contributed by atoms with Gasteiger partial charge >= 0.3 is 6.18 Å². The molecule has 8 heteroatoms. The fraction of sp³-hybridized carbons (Fsp3) is 0.538. The molecule has 0 aliphatic heterocycles. The van der Waals surface area contributed by atoms with Crippen molar-refractivity contribution in [3.63, 3.8) is 0 Å². The minimum atomic E-state index is -4.44. The summed E-state index contributed by atoms with van der Waals surface area (Å²) in [4.78, 5) is 0. The molecule has 0 heterocycles. The number of halogens is 3. The maximum atomic E-state index is 12.6. The van der Waals surface area contributed by atoms with Crippen molar-refractivity contribution in [2.24, 2.45) is 0 Å². The maximum Gasteiger partial charge on any atom is 0.416 e. The molecule has 1 rings (SSSR count). The van der Waals surface area contributed by atoms with E-state index in [0.29, 0.717) is 6.54 Å². The molecular weight excluding hydrogens is 305 g/mol. The van der Waals surface area contributed by atoms with E-state index in [1.54, 1.807) is 0 Å². The van der Waals surface area contributed by atoms with Crippen LogP contribution in [-0.2, 0) is 22.7 Å². The van der Waals surface area contributed by atoms with Crippen LogP contribution in [-0.4, -0.2) is 26.8 Å². The van der Waals surface area contributed by atoms with Crippen molar-refractivity contribution in [1.29, 1.82) is 0 Å². The number of benzene rings is 1. The highest BCUT2D eigenvalue weighted by molar-refractivity contribution is 7.90. The van der Waals surface area contributed by atoms with E-state index in [1.165, 1.54) is 19.1 Å². The Bertz CT molecular complexity index is 559. The molecule has 21 heavy (non-hydrogen) atoms. The second-order valence-corrected chi connectivity index (χ2v) is 6.87. The second-order valence-electron chi connectivity index (χ2n) is 4.68. The van der Waals surface area contributed by atoms with Crippen LogP contribution in [0, 0.1) is 0 Å². The summed E-state index contributed by atoms with van der Waals surface area (Å²) < 4.78 is 63.9. The van der Waals surface area contributed by atoms with Crippen LogP contribution in [0.4, 0.5) is 13.2 Å². The molecule has 0 saturated carbocycles. The van der Waals surface area contributed by atoms with Crippen molar-refractivity contribution in [1.82, 2.24) is 10.0 Å². The van der Waals surface area contributed by atoms with Crippen molar-refractivity contribution in [2.45, 2.75) is 31.8 Å². The van der Waals surface area contributed by atoms with Gasteiger partial charge in [-0.1, -0.05) is 25.1 Å². The van der Waals surface area contributed by atoms with Crippen molar-refractivity contribution >= 4 is 10.0 Å². The first-order valence-corrected chi connectivity index (χ1v) is 8.06. The first-order valence-electron chi connectivity index (χ1n) is 6.52. The number of rotatable bonds is 7. The lowest BCUT2D eigenvalue weighted by Gasteiger charge is -2.15. The van der Waals surface area contributed by atoms with Crippen molar-refractivity contribution < 1.29 is 21.6 Å². The van der Waals surface area contributed by atoms with Crippen LogP contribution in [0.1, 0.15) is 25.0 Å². The predicted molar refractivity (Wildman–Crippen MR) is 75.2 cm³/mol. The molecule has 1 aromatic rings. The Hall–Kier alpha value is -1.12. The minimum Gasteiger partial charge on any atom is -0.316 e. The molecule has 0 fully saturated rings. The molecule has 0 radical (unpaired) electrons. The monoisotopic (exact) mass is 324 g/mol. The average molecular weight is 324 g/mol. The molecule has 0 bridgehead atoms.